The van der Waals surface area contributed by atoms with E-state index in [4.69, 9.17) is 9.25 Å². The van der Waals surface area contributed by atoms with Crippen molar-refractivity contribution in [3.63, 3.8) is 0 Å². The van der Waals surface area contributed by atoms with Crippen molar-refractivity contribution >= 4 is 12.0 Å². The van der Waals surface area contributed by atoms with E-state index in [1.165, 1.54) is 11.1 Å². The van der Waals surface area contributed by atoms with Crippen LogP contribution in [0.25, 0.3) is 6.08 Å². The largest absolute Gasteiger partial charge is 0.462 e. The van der Waals surface area contributed by atoms with Crippen molar-refractivity contribution < 1.29 is 14.0 Å². The Kier molecular flexibility index (Phi) is 3.41. The lowest BCUT2D eigenvalue weighted by molar-refractivity contribution is -0.191. The summed E-state index contributed by atoms with van der Waals surface area (Å²) in [6.07, 6.45) is 5.15. The summed E-state index contributed by atoms with van der Waals surface area (Å²) in [5, 5.41) is 1.40. The summed E-state index contributed by atoms with van der Waals surface area (Å²) in [6, 6.07) is 3.69. The third-order valence-corrected chi connectivity index (χ3v) is 2.40. The number of furan rings is 1. The maximum absolute atomic E-state index is 11.7. The van der Waals surface area contributed by atoms with Crippen molar-refractivity contribution in [1.82, 2.24) is 5.06 Å². The van der Waals surface area contributed by atoms with Crippen LogP contribution in [0.15, 0.2) is 22.6 Å². The average molecular weight is 221 g/mol. The number of carbonyl (C=O) groups is 1. The molecule has 0 bridgehead atoms. The lowest BCUT2D eigenvalue weighted by Crippen LogP contribution is -2.34. The van der Waals surface area contributed by atoms with Gasteiger partial charge in [0.05, 0.1) is 6.61 Å². The van der Waals surface area contributed by atoms with E-state index >= 15 is 0 Å². The normalized spacial score (nSPS) is 16.9. The van der Waals surface area contributed by atoms with Gasteiger partial charge in [-0.15, -0.1) is 0 Å². The zero-order valence-electron chi connectivity index (χ0n) is 9.31. The predicted octanol–water partition coefficient (Wildman–Crippen LogP) is 2.16. The van der Waals surface area contributed by atoms with Crippen LogP contribution >= 0.6 is 0 Å². The van der Waals surface area contributed by atoms with Gasteiger partial charge in [0.2, 0.25) is 0 Å². The fourth-order valence-electron chi connectivity index (χ4n) is 1.55. The summed E-state index contributed by atoms with van der Waals surface area (Å²) in [7, 11) is 0. The quantitative estimate of drug-likeness (QED) is 0.719. The summed E-state index contributed by atoms with van der Waals surface area (Å²) in [6.45, 7) is 3.16. The van der Waals surface area contributed by atoms with Crippen molar-refractivity contribution in [3.05, 3.63) is 29.7 Å². The Hall–Kier alpha value is -1.55. The van der Waals surface area contributed by atoms with E-state index in [2.05, 4.69) is 0 Å². The Balaban J connectivity index is 1.93. The summed E-state index contributed by atoms with van der Waals surface area (Å²) in [4.78, 5) is 16.9. The molecule has 0 spiro atoms. The first-order valence-corrected chi connectivity index (χ1v) is 5.44. The number of aryl methyl sites for hydroxylation is 1. The van der Waals surface area contributed by atoms with Crippen LogP contribution in [0.4, 0.5) is 0 Å². The van der Waals surface area contributed by atoms with Crippen LogP contribution in [0.1, 0.15) is 24.4 Å². The van der Waals surface area contributed by atoms with Crippen LogP contribution in [0.3, 0.4) is 0 Å². The minimum Gasteiger partial charge on any atom is -0.462 e. The van der Waals surface area contributed by atoms with Crippen LogP contribution in [-0.2, 0) is 9.63 Å². The fourth-order valence-corrected chi connectivity index (χ4v) is 1.55. The van der Waals surface area contributed by atoms with E-state index in [1.807, 2.05) is 19.1 Å². The second-order valence-corrected chi connectivity index (χ2v) is 3.76. The molecule has 16 heavy (non-hydrogen) atoms. The lowest BCUT2D eigenvalue weighted by atomic mass is 10.3. The first-order valence-electron chi connectivity index (χ1n) is 5.44. The molecule has 1 amide bonds. The van der Waals surface area contributed by atoms with Crippen LogP contribution in [-0.4, -0.2) is 24.1 Å². The zero-order chi connectivity index (χ0) is 11.4. The van der Waals surface area contributed by atoms with Crippen molar-refractivity contribution in [2.75, 3.05) is 13.2 Å². The molecule has 1 aliphatic rings. The molecule has 4 heteroatoms. The molecule has 1 aromatic heterocycles. The van der Waals surface area contributed by atoms with Crippen LogP contribution in [0, 0.1) is 6.92 Å². The van der Waals surface area contributed by atoms with Crippen LogP contribution in [0.5, 0.6) is 0 Å². The number of hydroxylamine groups is 2. The Morgan fingerprint density at radius 2 is 2.31 bits per heavy atom. The van der Waals surface area contributed by atoms with Gasteiger partial charge in [0.1, 0.15) is 11.5 Å². The van der Waals surface area contributed by atoms with E-state index < -0.39 is 0 Å². The van der Waals surface area contributed by atoms with E-state index in [9.17, 15) is 4.79 Å². The summed E-state index contributed by atoms with van der Waals surface area (Å²) >= 11 is 0. The van der Waals surface area contributed by atoms with Gasteiger partial charge in [0.15, 0.2) is 0 Å². The van der Waals surface area contributed by atoms with E-state index in [0.717, 1.165) is 18.6 Å². The van der Waals surface area contributed by atoms with Gasteiger partial charge in [0, 0.05) is 12.6 Å². The zero-order valence-corrected chi connectivity index (χ0v) is 9.31. The molecular weight excluding hydrogens is 206 g/mol. The van der Waals surface area contributed by atoms with Crippen molar-refractivity contribution in [2.24, 2.45) is 0 Å². The van der Waals surface area contributed by atoms with Gasteiger partial charge in [-0.25, -0.2) is 5.06 Å². The highest BCUT2D eigenvalue weighted by Crippen LogP contribution is 2.10. The molecule has 0 radical (unpaired) electrons. The molecule has 2 rings (SSSR count). The molecule has 0 unspecified atom stereocenters. The molecule has 86 valence electrons. The number of nitrogens with zero attached hydrogens (tertiary/aromatic N) is 1. The minimum atomic E-state index is -0.131. The molecular formula is C12H15NO3. The third-order valence-electron chi connectivity index (χ3n) is 2.40. The topological polar surface area (TPSA) is 42.7 Å². The van der Waals surface area contributed by atoms with Gasteiger partial charge in [-0.3, -0.25) is 9.63 Å². The number of hydrogen-bond acceptors (Lipinski definition) is 3. The molecule has 1 fully saturated rings. The molecule has 0 aromatic carbocycles. The smallest absolute Gasteiger partial charge is 0.270 e. The molecule has 0 N–H and O–H groups in total. The van der Waals surface area contributed by atoms with Gasteiger partial charge in [-0.05, 0) is 38.0 Å². The molecule has 4 nitrogen and oxygen atoms in total. The van der Waals surface area contributed by atoms with E-state index in [1.54, 1.807) is 6.08 Å². The maximum Gasteiger partial charge on any atom is 0.270 e. The monoisotopic (exact) mass is 221 g/mol. The fraction of sp³-hybridized carbons (Fsp3) is 0.417. The summed E-state index contributed by atoms with van der Waals surface area (Å²) < 4.78 is 5.32. The van der Waals surface area contributed by atoms with Crippen molar-refractivity contribution in [3.8, 4) is 0 Å². The molecule has 2 heterocycles. The second kappa shape index (κ2) is 4.99. The second-order valence-electron chi connectivity index (χ2n) is 3.76. The minimum absolute atomic E-state index is 0.131. The number of rotatable bonds is 2. The Morgan fingerprint density at radius 1 is 1.44 bits per heavy atom. The number of amides is 1. The Bertz CT molecular complexity index is 389. The van der Waals surface area contributed by atoms with E-state index in [-0.39, 0.29) is 5.91 Å². The highest BCUT2D eigenvalue weighted by Gasteiger charge is 2.14. The van der Waals surface area contributed by atoms with Gasteiger partial charge >= 0.3 is 0 Å². The third kappa shape index (κ3) is 2.73. The number of hydrogen-bond donors (Lipinski definition) is 0. The number of carbonyl (C=O) groups excluding carboxylic acids is 1. The van der Waals surface area contributed by atoms with Gasteiger partial charge in [-0.1, -0.05) is 0 Å². The Labute approximate surface area is 94.4 Å². The average Bonchev–Trinajstić information content (AvgIpc) is 2.73. The first kappa shape index (κ1) is 11.0. The summed E-state index contributed by atoms with van der Waals surface area (Å²) in [5.74, 6) is 1.39. The molecule has 1 saturated heterocycles. The highest BCUT2D eigenvalue weighted by molar-refractivity contribution is 5.90. The highest BCUT2D eigenvalue weighted by atomic mass is 16.7. The van der Waals surface area contributed by atoms with Gasteiger partial charge < -0.3 is 4.42 Å². The van der Waals surface area contributed by atoms with Gasteiger partial charge in [0.25, 0.3) is 5.91 Å². The van der Waals surface area contributed by atoms with E-state index in [0.29, 0.717) is 18.9 Å². The molecule has 0 atom stereocenters. The van der Waals surface area contributed by atoms with Crippen molar-refractivity contribution in [2.45, 2.75) is 19.8 Å². The molecule has 1 aromatic rings. The Morgan fingerprint density at radius 3 is 2.94 bits per heavy atom. The SMILES string of the molecule is Cc1ccc(/C=C/C(=O)N2CCCCO2)o1. The van der Waals surface area contributed by atoms with Gasteiger partial charge in [-0.2, -0.15) is 0 Å². The lowest BCUT2D eigenvalue weighted by Gasteiger charge is -2.24. The van der Waals surface area contributed by atoms with Crippen molar-refractivity contribution in [1.29, 1.82) is 0 Å². The first-order chi connectivity index (χ1) is 7.75. The standard InChI is InChI=1S/C12H15NO3/c1-10-4-5-11(16-10)6-7-12(14)13-8-2-3-9-15-13/h4-7H,2-3,8-9H2,1H3/b7-6+. The molecule has 0 aliphatic carbocycles. The molecule has 0 saturated carbocycles. The molecule has 1 aliphatic heterocycles. The maximum atomic E-state index is 11.7. The van der Waals surface area contributed by atoms with Crippen LogP contribution < -0.4 is 0 Å². The van der Waals surface area contributed by atoms with Crippen LogP contribution in [0.2, 0.25) is 0 Å². The predicted molar refractivity (Wildman–Crippen MR) is 59.4 cm³/mol. The summed E-state index contributed by atoms with van der Waals surface area (Å²) in [5.41, 5.74) is 0.